The van der Waals surface area contributed by atoms with Gasteiger partial charge in [-0.2, -0.15) is 0 Å². The van der Waals surface area contributed by atoms with Crippen LogP contribution in [-0.4, -0.2) is 19.8 Å². The van der Waals surface area contributed by atoms with Crippen LogP contribution in [0.3, 0.4) is 0 Å². The minimum absolute atomic E-state index is 0. The zero-order valence-electron chi connectivity index (χ0n) is 9.07. The number of benzene rings is 1. The molecule has 1 N–H and O–H groups in total. The molecule has 1 fully saturated rings. The minimum atomic E-state index is 0. The first-order valence-corrected chi connectivity index (χ1v) is 5.57. The Balaban J connectivity index is 0.000000963. The van der Waals surface area contributed by atoms with Gasteiger partial charge in [-0.05, 0) is 25.5 Å². The third kappa shape index (κ3) is 1.97. The second kappa shape index (κ2) is 4.93. The van der Waals surface area contributed by atoms with Crippen molar-refractivity contribution >= 4 is 12.4 Å². The highest BCUT2D eigenvalue weighted by Crippen LogP contribution is 2.39. The van der Waals surface area contributed by atoms with E-state index in [1.54, 1.807) is 0 Å². The summed E-state index contributed by atoms with van der Waals surface area (Å²) >= 11 is 0. The van der Waals surface area contributed by atoms with Gasteiger partial charge in [0.05, 0.1) is 0 Å². The molecule has 3 rings (SSSR count). The van der Waals surface area contributed by atoms with Gasteiger partial charge in [-0.25, -0.2) is 0 Å². The third-order valence-electron chi connectivity index (χ3n) is 3.03. The van der Waals surface area contributed by atoms with Gasteiger partial charge in [0.2, 0.25) is 0 Å². The number of hydrogen-bond donors (Lipinski definition) is 1. The molecule has 88 valence electrons. The number of rotatable bonds is 1. The van der Waals surface area contributed by atoms with Gasteiger partial charge in [0.15, 0.2) is 11.5 Å². The Morgan fingerprint density at radius 1 is 1.19 bits per heavy atom. The number of para-hydroxylation sites is 1. The third-order valence-corrected chi connectivity index (χ3v) is 3.03. The van der Waals surface area contributed by atoms with Crippen LogP contribution in [0.1, 0.15) is 24.4 Å². The van der Waals surface area contributed by atoms with Crippen molar-refractivity contribution in [2.45, 2.75) is 18.9 Å². The molecule has 0 unspecified atom stereocenters. The van der Waals surface area contributed by atoms with Crippen LogP contribution in [-0.2, 0) is 0 Å². The van der Waals surface area contributed by atoms with Gasteiger partial charge < -0.3 is 14.8 Å². The predicted molar refractivity (Wildman–Crippen MR) is 64.7 cm³/mol. The van der Waals surface area contributed by atoms with Crippen molar-refractivity contribution in [1.29, 1.82) is 0 Å². The van der Waals surface area contributed by atoms with E-state index in [4.69, 9.17) is 9.47 Å². The highest BCUT2D eigenvalue weighted by molar-refractivity contribution is 5.85. The molecule has 2 aliphatic heterocycles. The van der Waals surface area contributed by atoms with Crippen molar-refractivity contribution in [3.8, 4) is 11.5 Å². The maximum atomic E-state index is 5.70. The number of fused-ring (bicyclic) bond motifs is 1. The summed E-state index contributed by atoms with van der Waals surface area (Å²) in [7, 11) is 0. The Labute approximate surface area is 102 Å². The van der Waals surface area contributed by atoms with Crippen molar-refractivity contribution in [2.24, 2.45) is 0 Å². The van der Waals surface area contributed by atoms with E-state index in [1.807, 2.05) is 12.1 Å². The maximum Gasteiger partial charge on any atom is 0.166 e. The zero-order valence-corrected chi connectivity index (χ0v) is 9.89. The second-order valence-electron chi connectivity index (χ2n) is 4.02. The molecule has 0 bridgehead atoms. The fourth-order valence-electron chi connectivity index (χ4n) is 2.32. The molecular weight excluding hydrogens is 226 g/mol. The lowest BCUT2D eigenvalue weighted by Gasteiger charge is -2.23. The summed E-state index contributed by atoms with van der Waals surface area (Å²) in [5.74, 6) is 1.84. The van der Waals surface area contributed by atoms with Gasteiger partial charge in [0.25, 0.3) is 0 Å². The van der Waals surface area contributed by atoms with Crippen LogP contribution >= 0.6 is 12.4 Å². The van der Waals surface area contributed by atoms with E-state index in [9.17, 15) is 0 Å². The average Bonchev–Trinajstić information content (AvgIpc) is 2.82. The van der Waals surface area contributed by atoms with Crippen LogP contribution in [0.15, 0.2) is 18.2 Å². The molecule has 1 saturated heterocycles. The Hall–Kier alpha value is -0.930. The summed E-state index contributed by atoms with van der Waals surface area (Å²) in [4.78, 5) is 0. The van der Waals surface area contributed by atoms with Crippen molar-refractivity contribution in [2.75, 3.05) is 19.8 Å². The normalized spacial score (nSPS) is 22.6. The van der Waals surface area contributed by atoms with Gasteiger partial charge in [-0.1, -0.05) is 12.1 Å². The summed E-state index contributed by atoms with van der Waals surface area (Å²) in [6.07, 6.45) is 2.44. The second-order valence-corrected chi connectivity index (χ2v) is 4.02. The standard InChI is InChI=1S/C12H15NO2.ClH/c1-3-9(10-4-2-6-13-10)12-11(5-1)14-7-8-15-12;/h1,3,5,10,13H,2,4,6-8H2;1H/t10-;/m1./s1. The number of ether oxygens (including phenoxy) is 2. The average molecular weight is 242 g/mol. The fraction of sp³-hybridized carbons (Fsp3) is 0.500. The van der Waals surface area contributed by atoms with E-state index in [2.05, 4.69) is 11.4 Å². The lowest BCUT2D eigenvalue weighted by Crippen LogP contribution is -2.19. The molecule has 0 aromatic heterocycles. The molecule has 0 radical (unpaired) electrons. The lowest BCUT2D eigenvalue weighted by molar-refractivity contribution is 0.169. The Kier molecular flexibility index (Phi) is 3.56. The number of hydrogen-bond acceptors (Lipinski definition) is 3. The summed E-state index contributed by atoms with van der Waals surface area (Å²) in [5.41, 5.74) is 1.25. The van der Waals surface area contributed by atoms with Crippen LogP contribution < -0.4 is 14.8 Å². The van der Waals surface area contributed by atoms with Crippen molar-refractivity contribution in [3.63, 3.8) is 0 Å². The highest BCUT2D eigenvalue weighted by Gasteiger charge is 2.23. The fourth-order valence-corrected chi connectivity index (χ4v) is 2.32. The molecule has 3 nitrogen and oxygen atoms in total. The highest BCUT2D eigenvalue weighted by atomic mass is 35.5. The van der Waals surface area contributed by atoms with E-state index in [0.29, 0.717) is 19.3 Å². The SMILES string of the molecule is Cl.c1cc2c(c([C@H]3CCCN3)c1)OCCO2. The van der Waals surface area contributed by atoms with Gasteiger partial charge in [-0.15, -0.1) is 12.4 Å². The van der Waals surface area contributed by atoms with Crippen molar-refractivity contribution in [1.82, 2.24) is 5.32 Å². The number of nitrogens with one attached hydrogen (secondary N) is 1. The van der Waals surface area contributed by atoms with Crippen LogP contribution in [0.5, 0.6) is 11.5 Å². The van der Waals surface area contributed by atoms with Crippen LogP contribution in [0.25, 0.3) is 0 Å². The van der Waals surface area contributed by atoms with Gasteiger partial charge >= 0.3 is 0 Å². The van der Waals surface area contributed by atoms with E-state index in [0.717, 1.165) is 18.0 Å². The first kappa shape index (κ1) is 11.6. The monoisotopic (exact) mass is 241 g/mol. The topological polar surface area (TPSA) is 30.5 Å². The number of halogens is 1. The van der Waals surface area contributed by atoms with Crippen LogP contribution in [0.2, 0.25) is 0 Å². The first-order valence-electron chi connectivity index (χ1n) is 5.57. The molecule has 2 aliphatic rings. The van der Waals surface area contributed by atoms with Gasteiger partial charge in [-0.3, -0.25) is 0 Å². The van der Waals surface area contributed by atoms with E-state index in [1.165, 1.54) is 18.4 Å². The van der Waals surface area contributed by atoms with Gasteiger partial charge in [0.1, 0.15) is 13.2 Å². The Bertz CT molecular complexity index is 364. The molecule has 1 atom stereocenters. The molecule has 0 amide bonds. The quantitative estimate of drug-likeness (QED) is 0.819. The van der Waals surface area contributed by atoms with E-state index >= 15 is 0 Å². The van der Waals surface area contributed by atoms with E-state index in [-0.39, 0.29) is 12.4 Å². The molecule has 0 saturated carbocycles. The van der Waals surface area contributed by atoms with Crippen LogP contribution in [0.4, 0.5) is 0 Å². The minimum Gasteiger partial charge on any atom is -0.486 e. The smallest absolute Gasteiger partial charge is 0.166 e. The maximum absolute atomic E-state index is 5.70. The molecule has 0 spiro atoms. The first-order chi connectivity index (χ1) is 7.45. The molecular formula is C12H16ClNO2. The lowest BCUT2D eigenvalue weighted by atomic mass is 10.0. The molecule has 1 aromatic carbocycles. The summed E-state index contributed by atoms with van der Waals surface area (Å²) in [5, 5.41) is 3.49. The molecule has 0 aliphatic carbocycles. The zero-order chi connectivity index (χ0) is 10.1. The summed E-state index contributed by atoms with van der Waals surface area (Å²) < 4.78 is 11.3. The predicted octanol–water partition coefficient (Wildman–Crippen LogP) is 2.30. The summed E-state index contributed by atoms with van der Waals surface area (Å²) in [6, 6.07) is 6.60. The van der Waals surface area contributed by atoms with Crippen LogP contribution in [0, 0.1) is 0 Å². The molecule has 2 heterocycles. The largest absolute Gasteiger partial charge is 0.486 e. The summed E-state index contributed by atoms with van der Waals surface area (Å²) in [6.45, 7) is 2.43. The van der Waals surface area contributed by atoms with E-state index < -0.39 is 0 Å². The molecule has 1 aromatic rings. The van der Waals surface area contributed by atoms with Crippen molar-refractivity contribution < 1.29 is 9.47 Å². The Morgan fingerprint density at radius 3 is 2.88 bits per heavy atom. The molecule has 16 heavy (non-hydrogen) atoms. The van der Waals surface area contributed by atoms with Gasteiger partial charge in [0, 0.05) is 11.6 Å². The Morgan fingerprint density at radius 2 is 2.06 bits per heavy atom. The molecule has 4 heteroatoms. The van der Waals surface area contributed by atoms with Crippen molar-refractivity contribution in [3.05, 3.63) is 23.8 Å².